The van der Waals surface area contributed by atoms with Gasteiger partial charge >= 0.3 is 0 Å². The Hall–Kier alpha value is -3.07. The number of benzene rings is 3. The van der Waals surface area contributed by atoms with Crippen molar-refractivity contribution < 1.29 is 13.2 Å². The van der Waals surface area contributed by atoms with E-state index in [0.29, 0.717) is 25.9 Å². The van der Waals surface area contributed by atoms with Gasteiger partial charge in [0.05, 0.1) is 25.7 Å². The number of aryl methyl sites for hydroxylation is 2. The summed E-state index contributed by atoms with van der Waals surface area (Å²) < 4.78 is 32.4. The summed E-state index contributed by atoms with van der Waals surface area (Å²) >= 11 is 2.73. The average molecular weight is 491 g/mol. The zero-order valence-corrected chi connectivity index (χ0v) is 20.2. The number of sulfonamides is 1. The van der Waals surface area contributed by atoms with Gasteiger partial charge in [-0.2, -0.15) is 12.8 Å². The van der Waals surface area contributed by atoms with Crippen molar-refractivity contribution in [2.45, 2.75) is 23.1 Å². The summed E-state index contributed by atoms with van der Waals surface area (Å²) in [5.74, 6) is -0.169. The van der Waals surface area contributed by atoms with E-state index in [-0.39, 0.29) is 16.4 Å². The Balaban J connectivity index is 1.62. The molecule has 0 spiro atoms. The first-order chi connectivity index (χ1) is 15.8. The second kappa shape index (κ2) is 8.37. The van der Waals surface area contributed by atoms with Gasteiger partial charge in [-0.3, -0.25) is 4.79 Å². The maximum Gasteiger partial charge on any atom is 0.283 e. The molecule has 0 saturated heterocycles. The summed E-state index contributed by atoms with van der Waals surface area (Å²) in [5.41, 5.74) is 3.50. The molecule has 0 saturated carbocycles. The number of Topliss-reactive ketones (excluding diaryl/α,β-unsaturated/α-hetero) is 1. The van der Waals surface area contributed by atoms with Crippen LogP contribution in [0.2, 0.25) is 0 Å². The summed E-state index contributed by atoms with van der Waals surface area (Å²) in [6.45, 7) is 3.59. The first kappa shape index (κ1) is 21.8. The standard InChI is InChI=1S/C25H18N2O3S3/c1-15-11-12-16(2)23(13-15)33(29,30)27-20-14-22(24(28)18-8-4-3-7-17(18)20)32-25-26-19-9-5-6-10-21(19)31-25/h3-14H,1-2H3/b27-20+. The Morgan fingerprint density at radius 3 is 2.45 bits per heavy atom. The van der Waals surface area contributed by atoms with Crippen LogP contribution in [-0.4, -0.2) is 24.9 Å². The minimum absolute atomic E-state index is 0.165. The lowest BCUT2D eigenvalue weighted by Crippen LogP contribution is -2.17. The highest BCUT2D eigenvalue weighted by atomic mass is 32.2. The number of carbonyl (C=O) groups is 1. The van der Waals surface area contributed by atoms with Crippen molar-refractivity contribution in [1.29, 1.82) is 0 Å². The van der Waals surface area contributed by atoms with Crippen LogP contribution >= 0.6 is 23.1 Å². The fourth-order valence-corrected chi connectivity index (χ4v) is 7.03. The molecule has 0 amide bonds. The molecule has 1 aromatic heterocycles. The van der Waals surface area contributed by atoms with Gasteiger partial charge < -0.3 is 0 Å². The maximum absolute atomic E-state index is 13.2. The van der Waals surface area contributed by atoms with Crippen LogP contribution in [0.5, 0.6) is 0 Å². The van der Waals surface area contributed by atoms with Gasteiger partial charge in [-0.05, 0) is 49.2 Å². The third-order valence-corrected chi connectivity index (χ3v) is 8.80. The van der Waals surface area contributed by atoms with Crippen LogP contribution in [0.4, 0.5) is 0 Å². The summed E-state index contributed by atoms with van der Waals surface area (Å²) in [6, 6.07) is 20.0. The van der Waals surface area contributed by atoms with Gasteiger partial charge in [0.1, 0.15) is 0 Å². The minimum Gasteiger partial charge on any atom is -0.288 e. The topological polar surface area (TPSA) is 76.5 Å². The Morgan fingerprint density at radius 1 is 0.939 bits per heavy atom. The van der Waals surface area contributed by atoms with Crippen molar-refractivity contribution in [2.24, 2.45) is 4.40 Å². The monoisotopic (exact) mass is 490 g/mol. The number of carbonyl (C=O) groups excluding carboxylic acids is 1. The molecule has 0 bridgehead atoms. The molecule has 5 rings (SSSR count). The molecule has 4 aromatic rings. The van der Waals surface area contributed by atoms with Crippen LogP contribution in [0, 0.1) is 13.8 Å². The van der Waals surface area contributed by atoms with Crippen molar-refractivity contribution in [2.75, 3.05) is 0 Å². The molecule has 1 aliphatic rings. The Morgan fingerprint density at radius 2 is 1.67 bits per heavy atom. The van der Waals surface area contributed by atoms with Crippen LogP contribution < -0.4 is 0 Å². The summed E-state index contributed by atoms with van der Waals surface area (Å²) in [5, 5.41) is 0. The molecular formula is C25H18N2O3S3. The molecule has 33 heavy (non-hydrogen) atoms. The number of aromatic nitrogens is 1. The SMILES string of the molecule is Cc1ccc(C)c(S(=O)(=O)/N=C2\C=C(Sc3nc4ccccc4s3)C(=O)c3ccccc32)c1. The van der Waals surface area contributed by atoms with E-state index >= 15 is 0 Å². The van der Waals surface area contributed by atoms with Crippen molar-refractivity contribution in [3.63, 3.8) is 0 Å². The number of rotatable bonds is 4. The van der Waals surface area contributed by atoms with Gasteiger partial charge in [0, 0.05) is 11.1 Å². The molecule has 0 fully saturated rings. The number of nitrogens with zero attached hydrogens (tertiary/aromatic N) is 2. The quantitative estimate of drug-likeness (QED) is 0.353. The van der Waals surface area contributed by atoms with Crippen LogP contribution in [0.25, 0.3) is 10.2 Å². The van der Waals surface area contributed by atoms with Crippen LogP contribution in [0.1, 0.15) is 27.0 Å². The third kappa shape index (κ3) is 4.17. The Labute approximate surface area is 200 Å². The number of ketones is 1. The molecule has 1 aliphatic carbocycles. The van der Waals surface area contributed by atoms with Gasteiger partial charge in [0.15, 0.2) is 4.34 Å². The third-order valence-electron chi connectivity index (χ3n) is 5.25. The fraction of sp³-hybridized carbons (Fsp3) is 0.0800. The van der Waals surface area contributed by atoms with Crippen LogP contribution in [0.3, 0.4) is 0 Å². The molecule has 8 heteroatoms. The average Bonchev–Trinajstić information content (AvgIpc) is 3.21. The van der Waals surface area contributed by atoms with Crippen molar-refractivity contribution in [3.05, 3.63) is 100.0 Å². The largest absolute Gasteiger partial charge is 0.288 e. The van der Waals surface area contributed by atoms with Gasteiger partial charge in [-0.1, -0.05) is 60.3 Å². The molecule has 0 unspecified atom stereocenters. The summed E-state index contributed by atoms with van der Waals surface area (Å²) in [6.07, 6.45) is 1.56. The molecule has 0 radical (unpaired) electrons. The first-order valence-electron chi connectivity index (χ1n) is 10.1. The molecule has 0 N–H and O–H groups in total. The van der Waals surface area contributed by atoms with E-state index in [9.17, 15) is 13.2 Å². The lowest BCUT2D eigenvalue weighted by molar-refractivity contribution is 0.104. The Kier molecular flexibility index (Phi) is 5.52. The lowest BCUT2D eigenvalue weighted by atomic mass is 9.94. The molecule has 3 aromatic carbocycles. The normalized spacial score (nSPS) is 15.0. The van der Waals surface area contributed by atoms with Gasteiger partial charge in [0.25, 0.3) is 10.0 Å². The first-order valence-corrected chi connectivity index (χ1v) is 13.2. The fourth-order valence-electron chi connectivity index (χ4n) is 3.61. The Bertz CT molecular complexity index is 1570. The van der Waals surface area contributed by atoms with E-state index in [4.69, 9.17) is 0 Å². The van der Waals surface area contributed by atoms with E-state index in [1.165, 1.54) is 23.1 Å². The molecule has 5 nitrogen and oxygen atoms in total. The van der Waals surface area contributed by atoms with Gasteiger partial charge in [-0.25, -0.2) is 4.98 Å². The molecule has 0 aliphatic heterocycles. The number of hydrogen-bond donors (Lipinski definition) is 0. The number of allylic oxidation sites excluding steroid dienone is 2. The lowest BCUT2D eigenvalue weighted by Gasteiger charge is -2.16. The predicted molar refractivity (Wildman–Crippen MR) is 134 cm³/mol. The molecule has 1 heterocycles. The second-order valence-corrected chi connectivity index (χ2v) is 11.5. The van der Waals surface area contributed by atoms with Crippen LogP contribution in [-0.2, 0) is 10.0 Å². The van der Waals surface area contributed by atoms with Crippen LogP contribution in [0.15, 0.2) is 91.3 Å². The summed E-state index contributed by atoms with van der Waals surface area (Å²) in [4.78, 5) is 18.4. The smallest absolute Gasteiger partial charge is 0.283 e. The number of thiazole rings is 1. The molecular weight excluding hydrogens is 472 g/mol. The van der Waals surface area contributed by atoms with E-state index < -0.39 is 10.0 Å². The molecule has 0 atom stereocenters. The number of para-hydroxylation sites is 1. The summed E-state index contributed by atoms with van der Waals surface area (Å²) in [7, 11) is -3.98. The minimum atomic E-state index is -3.98. The van der Waals surface area contributed by atoms with Crippen molar-refractivity contribution >= 4 is 54.8 Å². The highest BCUT2D eigenvalue weighted by Gasteiger charge is 2.27. The zero-order valence-electron chi connectivity index (χ0n) is 17.8. The molecule has 164 valence electrons. The van der Waals surface area contributed by atoms with Crippen molar-refractivity contribution in [3.8, 4) is 0 Å². The highest BCUT2D eigenvalue weighted by Crippen LogP contribution is 2.38. The highest BCUT2D eigenvalue weighted by molar-refractivity contribution is 8.05. The number of fused-ring (bicyclic) bond motifs is 2. The second-order valence-electron chi connectivity index (χ2n) is 7.65. The zero-order chi connectivity index (χ0) is 23.2. The number of thioether (sulfide) groups is 1. The van der Waals surface area contributed by atoms with E-state index in [0.717, 1.165) is 15.8 Å². The van der Waals surface area contributed by atoms with E-state index in [1.54, 1.807) is 49.4 Å². The van der Waals surface area contributed by atoms with Gasteiger partial charge in [0.2, 0.25) is 5.78 Å². The van der Waals surface area contributed by atoms with Crippen molar-refractivity contribution in [1.82, 2.24) is 4.98 Å². The van der Waals surface area contributed by atoms with Gasteiger partial charge in [-0.15, -0.1) is 11.3 Å². The maximum atomic E-state index is 13.2. The predicted octanol–water partition coefficient (Wildman–Crippen LogP) is 5.96. The van der Waals surface area contributed by atoms with E-state index in [2.05, 4.69) is 9.38 Å². The number of hydrogen-bond acceptors (Lipinski definition) is 6. The van der Waals surface area contributed by atoms with E-state index in [1.807, 2.05) is 37.3 Å².